The normalized spacial score (nSPS) is 13.1. The molecule has 0 radical (unpaired) electrons. The molecular weight excluding hydrogens is 124 g/mol. The molecule has 1 atom stereocenters. The van der Waals surface area contributed by atoms with Gasteiger partial charge in [0, 0.05) is 0 Å². The van der Waals surface area contributed by atoms with Gasteiger partial charge in [0.1, 0.15) is 19.0 Å². The third-order valence-corrected chi connectivity index (χ3v) is 0.707. The molecule has 0 aromatic heterocycles. The molecule has 54 valence electrons. The number of ether oxygens (including phenoxy) is 1. The molecule has 0 heterocycles. The summed E-state index contributed by atoms with van der Waals surface area (Å²) in [6, 6.07) is 0. The number of aliphatic hydroxyl groups excluding tert-OH is 2. The summed E-state index contributed by atoms with van der Waals surface area (Å²) in [6.07, 6.45) is -0.283. The number of carbonyl (C=O) groups is 1. The van der Waals surface area contributed by atoms with Crippen LogP contribution in [0.5, 0.6) is 0 Å². The van der Waals surface area contributed by atoms with Crippen molar-refractivity contribution in [2.45, 2.75) is 6.10 Å². The van der Waals surface area contributed by atoms with Crippen molar-refractivity contribution in [1.82, 2.24) is 0 Å². The zero-order chi connectivity index (χ0) is 7.11. The first kappa shape index (κ1) is 8.55. The summed E-state index contributed by atoms with van der Waals surface area (Å²) in [5, 5.41) is 16.8. The molecule has 4 heteroatoms. The lowest BCUT2D eigenvalue weighted by molar-refractivity contribution is -0.113. The SMILES string of the molecule is O=CCOCC(O)CO. The van der Waals surface area contributed by atoms with Crippen LogP contribution in [0.15, 0.2) is 0 Å². The number of aliphatic hydroxyl groups is 2. The van der Waals surface area contributed by atoms with Gasteiger partial charge in [0.25, 0.3) is 0 Å². The maximum atomic E-state index is 9.61. The average Bonchev–Trinajstić information content (AvgIpc) is 1.89. The summed E-state index contributed by atoms with van der Waals surface area (Å²) in [6.45, 7) is -0.356. The van der Waals surface area contributed by atoms with Gasteiger partial charge in [-0.25, -0.2) is 0 Å². The molecule has 0 aliphatic carbocycles. The lowest BCUT2D eigenvalue weighted by Crippen LogP contribution is -2.19. The van der Waals surface area contributed by atoms with Gasteiger partial charge >= 0.3 is 0 Å². The van der Waals surface area contributed by atoms with Crippen molar-refractivity contribution in [3.05, 3.63) is 0 Å². The van der Waals surface area contributed by atoms with E-state index in [1.807, 2.05) is 0 Å². The first-order valence-corrected chi connectivity index (χ1v) is 2.61. The van der Waals surface area contributed by atoms with E-state index in [9.17, 15) is 4.79 Å². The predicted molar refractivity (Wildman–Crippen MR) is 30.0 cm³/mol. The Kier molecular flexibility index (Phi) is 5.40. The van der Waals surface area contributed by atoms with Crippen LogP contribution in [0.4, 0.5) is 0 Å². The summed E-state index contributed by atoms with van der Waals surface area (Å²) >= 11 is 0. The third kappa shape index (κ3) is 5.42. The molecule has 0 rings (SSSR count). The van der Waals surface area contributed by atoms with Crippen LogP contribution in [-0.2, 0) is 9.53 Å². The molecule has 0 fully saturated rings. The second kappa shape index (κ2) is 5.68. The molecule has 0 saturated heterocycles. The Balaban J connectivity index is 2.96. The van der Waals surface area contributed by atoms with E-state index in [0.29, 0.717) is 6.29 Å². The summed E-state index contributed by atoms with van der Waals surface area (Å²) in [5.41, 5.74) is 0. The summed E-state index contributed by atoms with van der Waals surface area (Å²) in [7, 11) is 0. The minimum atomic E-state index is -0.870. The van der Waals surface area contributed by atoms with Crippen molar-refractivity contribution in [3.63, 3.8) is 0 Å². The van der Waals surface area contributed by atoms with E-state index >= 15 is 0 Å². The molecule has 0 bridgehead atoms. The topological polar surface area (TPSA) is 66.8 Å². The summed E-state index contributed by atoms with van der Waals surface area (Å²) in [5.74, 6) is 0. The second-order valence-electron chi connectivity index (χ2n) is 1.54. The molecule has 0 saturated carbocycles. The Morgan fingerprint density at radius 1 is 1.67 bits per heavy atom. The van der Waals surface area contributed by atoms with Crippen LogP contribution in [0.1, 0.15) is 0 Å². The van der Waals surface area contributed by atoms with Crippen LogP contribution in [0.3, 0.4) is 0 Å². The number of hydrogen-bond donors (Lipinski definition) is 2. The maximum absolute atomic E-state index is 9.61. The largest absolute Gasteiger partial charge is 0.394 e. The Hall–Kier alpha value is -0.450. The van der Waals surface area contributed by atoms with Crippen LogP contribution < -0.4 is 0 Å². The fourth-order valence-corrected chi connectivity index (χ4v) is 0.305. The molecule has 4 nitrogen and oxygen atoms in total. The summed E-state index contributed by atoms with van der Waals surface area (Å²) < 4.78 is 4.56. The minimum Gasteiger partial charge on any atom is -0.394 e. The zero-order valence-electron chi connectivity index (χ0n) is 4.99. The third-order valence-electron chi connectivity index (χ3n) is 0.707. The standard InChI is InChI=1S/C5H10O4/c6-1-2-9-4-5(8)3-7/h1,5,7-8H,2-4H2. The molecule has 9 heavy (non-hydrogen) atoms. The zero-order valence-corrected chi connectivity index (χ0v) is 4.99. The highest BCUT2D eigenvalue weighted by atomic mass is 16.5. The van der Waals surface area contributed by atoms with Gasteiger partial charge in [0.05, 0.1) is 13.2 Å². The van der Waals surface area contributed by atoms with Gasteiger partial charge in [-0.3, -0.25) is 0 Å². The highest BCUT2D eigenvalue weighted by Gasteiger charge is 1.99. The van der Waals surface area contributed by atoms with Crippen LogP contribution in [-0.4, -0.2) is 42.4 Å². The van der Waals surface area contributed by atoms with Crippen molar-refractivity contribution in [2.75, 3.05) is 19.8 Å². The monoisotopic (exact) mass is 134 g/mol. The van der Waals surface area contributed by atoms with Gasteiger partial charge in [-0.1, -0.05) is 0 Å². The Morgan fingerprint density at radius 3 is 2.78 bits per heavy atom. The van der Waals surface area contributed by atoms with E-state index in [4.69, 9.17) is 10.2 Å². The van der Waals surface area contributed by atoms with Crippen molar-refractivity contribution in [3.8, 4) is 0 Å². The number of aldehydes is 1. The van der Waals surface area contributed by atoms with E-state index in [0.717, 1.165) is 0 Å². The van der Waals surface area contributed by atoms with E-state index < -0.39 is 6.10 Å². The van der Waals surface area contributed by atoms with Crippen LogP contribution >= 0.6 is 0 Å². The van der Waals surface area contributed by atoms with Gasteiger partial charge in [-0.2, -0.15) is 0 Å². The molecule has 0 aromatic carbocycles. The Labute approximate surface area is 53.1 Å². The smallest absolute Gasteiger partial charge is 0.145 e. The van der Waals surface area contributed by atoms with Gasteiger partial charge in [0.15, 0.2) is 0 Å². The average molecular weight is 134 g/mol. The van der Waals surface area contributed by atoms with Crippen molar-refractivity contribution >= 4 is 6.29 Å². The molecule has 0 aromatic rings. The molecule has 0 spiro atoms. The van der Waals surface area contributed by atoms with Gasteiger partial charge in [-0.15, -0.1) is 0 Å². The second-order valence-corrected chi connectivity index (χ2v) is 1.54. The van der Waals surface area contributed by atoms with Crippen molar-refractivity contribution in [1.29, 1.82) is 0 Å². The van der Waals surface area contributed by atoms with Crippen LogP contribution in [0.25, 0.3) is 0 Å². The van der Waals surface area contributed by atoms with Crippen LogP contribution in [0, 0.1) is 0 Å². The first-order chi connectivity index (χ1) is 4.31. The van der Waals surface area contributed by atoms with Crippen molar-refractivity contribution in [2.24, 2.45) is 0 Å². The van der Waals surface area contributed by atoms with E-state index in [2.05, 4.69) is 4.74 Å². The molecular formula is C5H10O4. The minimum absolute atomic E-state index is 0.00917. The molecule has 0 aliphatic rings. The highest BCUT2D eigenvalue weighted by Crippen LogP contribution is 1.80. The number of hydrogen-bond acceptors (Lipinski definition) is 4. The fraction of sp³-hybridized carbons (Fsp3) is 0.800. The van der Waals surface area contributed by atoms with Gasteiger partial charge < -0.3 is 19.7 Å². The summed E-state index contributed by atoms with van der Waals surface area (Å²) in [4.78, 5) is 9.61. The number of rotatable bonds is 5. The highest BCUT2D eigenvalue weighted by molar-refractivity contribution is 5.50. The van der Waals surface area contributed by atoms with Gasteiger partial charge in [0.2, 0.25) is 0 Å². The maximum Gasteiger partial charge on any atom is 0.145 e. The molecule has 2 N–H and O–H groups in total. The number of carbonyl (C=O) groups excluding carboxylic acids is 1. The van der Waals surface area contributed by atoms with E-state index in [-0.39, 0.29) is 19.8 Å². The van der Waals surface area contributed by atoms with E-state index in [1.165, 1.54) is 0 Å². The van der Waals surface area contributed by atoms with Gasteiger partial charge in [-0.05, 0) is 0 Å². The fourth-order valence-electron chi connectivity index (χ4n) is 0.305. The van der Waals surface area contributed by atoms with Crippen LogP contribution in [0.2, 0.25) is 0 Å². The molecule has 0 aliphatic heterocycles. The lowest BCUT2D eigenvalue weighted by atomic mass is 10.4. The lowest BCUT2D eigenvalue weighted by Gasteiger charge is -2.04. The Morgan fingerprint density at radius 2 is 2.33 bits per heavy atom. The van der Waals surface area contributed by atoms with Crippen molar-refractivity contribution < 1.29 is 19.7 Å². The predicted octanol–water partition coefficient (Wildman–Crippen LogP) is -1.44. The first-order valence-electron chi connectivity index (χ1n) is 2.61. The Bertz CT molecular complexity index is 73.4. The molecule has 0 amide bonds. The quantitative estimate of drug-likeness (QED) is 0.357. The van der Waals surface area contributed by atoms with E-state index in [1.54, 1.807) is 0 Å². The molecule has 1 unspecified atom stereocenters.